The molecule has 2 aromatic carbocycles. The highest BCUT2D eigenvalue weighted by Crippen LogP contribution is 2.18. The smallest absolute Gasteiger partial charge is 0.267 e. The first-order chi connectivity index (χ1) is 12.1. The Bertz CT molecular complexity index is 787. The van der Waals surface area contributed by atoms with Crippen LogP contribution >= 0.6 is 0 Å². The number of carbonyl (C=O) groups excluding carboxylic acids is 2. The summed E-state index contributed by atoms with van der Waals surface area (Å²) < 4.78 is 0. The van der Waals surface area contributed by atoms with E-state index < -0.39 is 5.54 Å². The molecule has 0 aliphatic heterocycles. The number of hydrogen-bond acceptors (Lipinski definition) is 2. The van der Waals surface area contributed by atoms with Gasteiger partial charge in [0.15, 0.2) is 0 Å². The molecule has 4 nitrogen and oxygen atoms in total. The lowest BCUT2D eigenvalue weighted by atomic mass is 10.0. The normalized spacial score (nSPS) is 11.3. The first-order valence-corrected chi connectivity index (χ1v) is 8.92. The van der Waals surface area contributed by atoms with Crippen molar-refractivity contribution in [3.63, 3.8) is 0 Å². The summed E-state index contributed by atoms with van der Waals surface area (Å²) in [6, 6.07) is 14.9. The average Bonchev–Trinajstić information content (AvgIpc) is 2.58. The summed E-state index contributed by atoms with van der Waals surface area (Å²) in [7, 11) is 0. The van der Waals surface area contributed by atoms with Crippen LogP contribution in [0.5, 0.6) is 0 Å². The van der Waals surface area contributed by atoms with Crippen LogP contribution in [0, 0.1) is 6.92 Å². The van der Waals surface area contributed by atoms with E-state index in [9.17, 15) is 9.59 Å². The molecule has 0 atom stereocenters. The molecular weight excluding hydrogens is 324 g/mol. The largest absolute Gasteiger partial charge is 0.272 e. The molecule has 4 heteroatoms. The van der Waals surface area contributed by atoms with Crippen molar-refractivity contribution in [2.45, 2.75) is 53.0 Å². The van der Waals surface area contributed by atoms with E-state index in [0.717, 1.165) is 5.56 Å². The van der Waals surface area contributed by atoms with Crippen molar-refractivity contribution in [3.05, 3.63) is 70.8 Å². The van der Waals surface area contributed by atoms with Crippen molar-refractivity contribution in [1.29, 1.82) is 0 Å². The molecule has 0 saturated heterocycles. The molecule has 0 saturated carbocycles. The van der Waals surface area contributed by atoms with Gasteiger partial charge in [-0.3, -0.25) is 15.0 Å². The zero-order valence-electron chi connectivity index (χ0n) is 16.5. The Morgan fingerprint density at radius 2 is 1.58 bits per heavy atom. The van der Waals surface area contributed by atoms with Gasteiger partial charge in [0.05, 0.1) is 5.54 Å². The number of hydrogen-bond donors (Lipinski definition) is 1. The Morgan fingerprint density at radius 3 is 2.08 bits per heavy atom. The molecule has 0 fully saturated rings. The Kier molecular flexibility index (Phi) is 5.86. The Morgan fingerprint density at radius 1 is 0.962 bits per heavy atom. The summed E-state index contributed by atoms with van der Waals surface area (Å²) >= 11 is 0. The number of carbonyl (C=O) groups is 2. The number of aryl methyl sites for hydroxylation is 1. The molecule has 0 spiro atoms. The fourth-order valence-corrected chi connectivity index (χ4v) is 2.62. The summed E-state index contributed by atoms with van der Waals surface area (Å²) in [5, 5.41) is 1.40. The zero-order valence-corrected chi connectivity index (χ0v) is 16.5. The van der Waals surface area contributed by atoms with Crippen LogP contribution in [0.25, 0.3) is 0 Å². The maximum absolute atomic E-state index is 13.0. The van der Waals surface area contributed by atoms with Crippen LogP contribution in [0.1, 0.15) is 72.4 Å². The van der Waals surface area contributed by atoms with E-state index in [1.54, 1.807) is 18.2 Å². The summed E-state index contributed by atoms with van der Waals surface area (Å²) in [5.74, 6) is -0.120. The van der Waals surface area contributed by atoms with Gasteiger partial charge in [-0.2, -0.15) is 0 Å². The number of nitrogens with zero attached hydrogens (tertiary/aromatic N) is 1. The molecular formula is C22H28N2O2. The molecule has 26 heavy (non-hydrogen) atoms. The lowest BCUT2D eigenvalue weighted by molar-refractivity contribution is 0.0358. The molecule has 0 aromatic heterocycles. The predicted molar refractivity (Wildman–Crippen MR) is 105 cm³/mol. The third kappa shape index (κ3) is 4.72. The third-order valence-electron chi connectivity index (χ3n) is 4.19. The van der Waals surface area contributed by atoms with Crippen LogP contribution < -0.4 is 5.43 Å². The van der Waals surface area contributed by atoms with Crippen molar-refractivity contribution < 1.29 is 9.59 Å². The van der Waals surface area contributed by atoms with Gasteiger partial charge in [-0.25, -0.2) is 5.01 Å². The topological polar surface area (TPSA) is 49.4 Å². The minimum Gasteiger partial charge on any atom is -0.267 e. The molecule has 0 unspecified atom stereocenters. The van der Waals surface area contributed by atoms with Crippen LogP contribution in [0.2, 0.25) is 0 Å². The van der Waals surface area contributed by atoms with Crippen molar-refractivity contribution >= 4 is 11.8 Å². The minimum absolute atomic E-state index is 0.228. The molecule has 2 rings (SSSR count). The third-order valence-corrected chi connectivity index (χ3v) is 4.19. The van der Waals surface area contributed by atoms with Gasteiger partial charge in [0.2, 0.25) is 0 Å². The summed E-state index contributed by atoms with van der Waals surface area (Å²) in [6.07, 6.45) is 0. The van der Waals surface area contributed by atoms with E-state index in [-0.39, 0.29) is 11.8 Å². The van der Waals surface area contributed by atoms with E-state index in [4.69, 9.17) is 0 Å². The van der Waals surface area contributed by atoms with Gasteiger partial charge in [0.25, 0.3) is 11.8 Å². The second kappa shape index (κ2) is 7.73. The highest BCUT2D eigenvalue weighted by molar-refractivity contribution is 5.99. The van der Waals surface area contributed by atoms with Gasteiger partial charge in [-0.15, -0.1) is 0 Å². The maximum Gasteiger partial charge on any atom is 0.272 e. The lowest BCUT2D eigenvalue weighted by Gasteiger charge is -2.35. The Hall–Kier alpha value is -2.62. The maximum atomic E-state index is 13.0. The van der Waals surface area contributed by atoms with Crippen molar-refractivity contribution in [3.8, 4) is 0 Å². The van der Waals surface area contributed by atoms with E-state index in [1.807, 2.05) is 58.0 Å². The van der Waals surface area contributed by atoms with Gasteiger partial charge in [0.1, 0.15) is 0 Å². The van der Waals surface area contributed by atoms with Crippen molar-refractivity contribution in [2.75, 3.05) is 0 Å². The molecule has 1 N–H and O–H groups in total. The minimum atomic E-state index is -0.561. The number of benzene rings is 2. The van der Waals surface area contributed by atoms with Crippen LogP contribution in [0.15, 0.2) is 48.5 Å². The van der Waals surface area contributed by atoms with Crippen molar-refractivity contribution in [1.82, 2.24) is 10.4 Å². The predicted octanol–water partition coefficient (Wildman–Crippen LogP) is 4.70. The number of nitrogens with one attached hydrogen (secondary N) is 1. The lowest BCUT2D eigenvalue weighted by Crippen LogP contribution is -2.55. The van der Waals surface area contributed by atoms with Crippen LogP contribution in [0.3, 0.4) is 0 Å². The fraction of sp³-hybridized carbons (Fsp3) is 0.364. The van der Waals surface area contributed by atoms with Gasteiger partial charge in [-0.1, -0.05) is 43.7 Å². The SMILES string of the molecule is Cc1cccc(C(=O)N(NC(=O)c2ccc(C(C)C)cc2)C(C)(C)C)c1. The Labute approximate surface area is 156 Å². The average molecular weight is 352 g/mol. The van der Waals surface area contributed by atoms with Crippen molar-refractivity contribution in [2.24, 2.45) is 0 Å². The summed E-state index contributed by atoms with van der Waals surface area (Å²) in [6.45, 7) is 11.8. The van der Waals surface area contributed by atoms with E-state index >= 15 is 0 Å². The van der Waals surface area contributed by atoms with Crippen LogP contribution in [-0.2, 0) is 0 Å². The van der Waals surface area contributed by atoms with Gasteiger partial charge in [0, 0.05) is 11.1 Å². The van der Waals surface area contributed by atoms with E-state index in [0.29, 0.717) is 17.0 Å². The van der Waals surface area contributed by atoms with Gasteiger partial charge >= 0.3 is 0 Å². The summed E-state index contributed by atoms with van der Waals surface area (Å²) in [5.41, 5.74) is 5.47. The summed E-state index contributed by atoms with van der Waals surface area (Å²) in [4.78, 5) is 25.6. The molecule has 0 bridgehead atoms. The highest BCUT2D eigenvalue weighted by Gasteiger charge is 2.29. The molecule has 0 aliphatic rings. The number of rotatable bonds is 3. The number of hydrazine groups is 1. The molecule has 138 valence electrons. The molecule has 2 aromatic rings. The monoisotopic (exact) mass is 352 g/mol. The van der Waals surface area contributed by atoms with Gasteiger partial charge in [-0.05, 0) is 63.4 Å². The second-order valence-corrected chi connectivity index (χ2v) is 7.90. The van der Waals surface area contributed by atoms with E-state index in [2.05, 4.69) is 19.3 Å². The van der Waals surface area contributed by atoms with Crippen LogP contribution in [0.4, 0.5) is 0 Å². The van der Waals surface area contributed by atoms with Gasteiger partial charge < -0.3 is 0 Å². The fourth-order valence-electron chi connectivity index (χ4n) is 2.62. The molecule has 0 aliphatic carbocycles. The van der Waals surface area contributed by atoms with Crippen LogP contribution in [-0.4, -0.2) is 22.4 Å². The molecule has 0 radical (unpaired) electrons. The Balaban J connectivity index is 2.25. The molecule has 0 heterocycles. The molecule has 2 amide bonds. The quantitative estimate of drug-likeness (QED) is 0.814. The second-order valence-electron chi connectivity index (χ2n) is 7.90. The zero-order chi connectivity index (χ0) is 19.5. The number of amides is 2. The first kappa shape index (κ1) is 19.7. The highest BCUT2D eigenvalue weighted by atomic mass is 16.2. The first-order valence-electron chi connectivity index (χ1n) is 8.92. The standard InChI is InChI=1S/C22H28N2O2/c1-15(2)17-10-12-18(13-11-17)20(25)23-24(22(4,5)6)21(26)19-9-7-8-16(3)14-19/h7-15H,1-6H3,(H,23,25). The van der Waals surface area contributed by atoms with E-state index in [1.165, 1.54) is 10.6 Å².